The molecule has 18 heavy (non-hydrogen) atoms. The third-order valence-electron chi connectivity index (χ3n) is 2.63. The molecule has 0 amide bonds. The van der Waals surface area contributed by atoms with Crippen molar-refractivity contribution in [2.75, 3.05) is 0 Å². The highest BCUT2D eigenvalue weighted by atomic mass is 35.5. The van der Waals surface area contributed by atoms with Crippen LogP contribution in [-0.2, 0) is 4.79 Å². The van der Waals surface area contributed by atoms with E-state index >= 15 is 0 Å². The summed E-state index contributed by atoms with van der Waals surface area (Å²) in [5.41, 5.74) is 2.55. The average Bonchev–Trinajstić information content (AvgIpc) is 2.38. The lowest BCUT2D eigenvalue weighted by molar-refractivity contribution is -0.136. The molecule has 0 radical (unpaired) electrons. The Labute approximate surface area is 116 Å². The summed E-state index contributed by atoms with van der Waals surface area (Å²) in [5.74, 6) is -1.07. The van der Waals surface area contributed by atoms with Crippen molar-refractivity contribution in [3.63, 3.8) is 0 Å². The van der Waals surface area contributed by atoms with Gasteiger partial charge in [0, 0.05) is 4.90 Å². The summed E-state index contributed by atoms with van der Waals surface area (Å²) in [7, 11) is 0. The van der Waals surface area contributed by atoms with Crippen LogP contribution in [0.25, 0.3) is 11.1 Å². The number of alkyl halides is 1. The van der Waals surface area contributed by atoms with E-state index < -0.39 is 11.3 Å². The van der Waals surface area contributed by atoms with E-state index in [0.717, 1.165) is 11.1 Å². The lowest BCUT2D eigenvalue weighted by Gasteiger charge is -2.10. The molecule has 0 heterocycles. The topological polar surface area (TPSA) is 37.3 Å². The first-order valence-electron chi connectivity index (χ1n) is 5.35. The Morgan fingerprint density at radius 2 is 1.78 bits per heavy atom. The molecule has 2 rings (SSSR count). The molecule has 0 fully saturated rings. The molecular formula is C14H11ClO2S. The van der Waals surface area contributed by atoms with E-state index in [9.17, 15) is 4.79 Å². The van der Waals surface area contributed by atoms with Crippen LogP contribution >= 0.6 is 24.2 Å². The van der Waals surface area contributed by atoms with Gasteiger partial charge in [-0.15, -0.1) is 24.2 Å². The van der Waals surface area contributed by atoms with Crippen molar-refractivity contribution in [1.29, 1.82) is 0 Å². The Balaban J connectivity index is 2.40. The molecule has 0 spiro atoms. The van der Waals surface area contributed by atoms with E-state index in [1.165, 1.54) is 0 Å². The summed E-state index contributed by atoms with van der Waals surface area (Å²) in [6.45, 7) is 0. The van der Waals surface area contributed by atoms with Gasteiger partial charge in [-0.3, -0.25) is 4.79 Å². The number of aliphatic carboxylic acids is 1. The molecule has 0 aliphatic rings. The maximum Gasteiger partial charge on any atom is 0.326 e. The monoisotopic (exact) mass is 278 g/mol. The van der Waals surface area contributed by atoms with Gasteiger partial charge >= 0.3 is 5.97 Å². The summed E-state index contributed by atoms with van der Waals surface area (Å²) in [4.78, 5) is 11.4. The maximum atomic E-state index is 10.8. The zero-order valence-corrected chi connectivity index (χ0v) is 11.0. The first-order valence-corrected chi connectivity index (χ1v) is 6.23. The molecule has 2 nitrogen and oxygen atoms in total. The lowest BCUT2D eigenvalue weighted by atomic mass is 10.0. The molecule has 0 saturated heterocycles. The van der Waals surface area contributed by atoms with Crippen molar-refractivity contribution in [3.05, 3.63) is 54.1 Å². The fourth-order valence-corrected chi connectivity index (χ4v) is 2.31. The van der Waals surface area contributed by atoms with Crippen molar-refractivity contribution in [2.24, 2.45) is 0 Å². The molecule has 1 unspecified atom stereocenters. The predicted molar refractivity (Wildman–Crippen MR) is 75.4 cm³/mol. The van der Waals surface area contributed by atoms with E-state index in [-0.39, 0.29) is 0 Å². The normalized spacial score (nSPS) is 12.1. The summed E-state index contributed by atoms with van der Waals surface area (Å²) >= 11 is 10.1. The van der Waals surface area contributed by atoms with E-state index in [0.29, 0.717) is 10.5 Å². The van der Waals surface area contributed by atoms with Crippen molar-refractivity contribution in [1.82, 2.24) is 0 Å². The van der Waals surface area contributed by atoms with Gasteiger partial charge in [-0.1, -0.05) is 42.5 Å². The highest BCUT2D eigenvalue weighted by molar-refractivity contribution is 7.80. The zero-order chi connectivity index (χ0) is 13.1. The van der Waals surface area contributed by atoms with Crippen molar-refractivity contribution >= 4 is 30.2 Å². The molecule has 0 aromatic heterocycles. The Kier molecular flexibility index (Phi) is 3.94. The number of carboxylic acids is 1. The fraction of sp³-hybridized carbons (Fsp3) is 0.0714. The second kappa shape index (κ2) is 5.46. The number of carboxylic acid groups (broad SMARTS) is 1. The van der Waals surface area contributed by atoms with Gasteiger partial charge in [0.25, 0.3) is 0 Å². The minimum absolute atomic E-state index is 0.507. The van der Waals surface area contributed by atoms with Crippen LogP contribution in [0.4, 0.5) is 0 Å². The molecule has 0 aliphatic carbocycles. The van der Waals surface area contributed by atoms with E-state index in [4.69, 9.17) is 16.7 Å². The van der Waals surface area contributed by atoms with Crippen LogP contribution in [0.5, 0.6) is 0 Å². The van der Waals surface area contributed by atoms with Gasteiger partial charge in [-0.25, -0.2) is 0 Å². The number of hydrogen-bond acceptors (Lipinski definition) is 2. The van der Waals surface area contributed by atoms with E-state index in [1.807, 2.05) is 42.5 Å². The van der Waals surface area contributed by atoms with Gasteiger partial charge in [-0.2, -0.15) is 0 Å². The van der Waals surface area contributed by atoms with Crippen LogP contribution in [-0.4, -0.2) is 11.1 Å². The average molecular weight is 279 g/mol. The smallest absolute Gasteiger partial charge is 0.326 e. The first kappa shape index (κ1) is 13.0. The third kappa shape index (κ3) is 2.68. The van der Waals surface area contributed by atoms with Crippen LogP contribution in [0.1, 0.15) is 10.9 Å². The highest BCUT2D eigenvalue weighted by Crippen LogP contribution is 2.30. The van der Waals surface area contributed by atoms with Crippen LogP contribution in [0.3, 0.4) is 0 Å². The van der Waals surface area contributed by atoms with Gasteiger partial charge in [0.1, 0.15) is 0 Å². The van der Waals surface area contributed by atoms with Gasteiger partial charge < -0.3 is 5.11 Å². The minimum Gasteiger partial charge on any atom is -0.480 e. The molecule has 1 N–H and O–H groups in total. The molecule has 2 aromatic rings. The van der Waals surface area contributed by atoms with Crippen molar-refractivity contribution in [3.8, 4) is 11.1 Å². The lowest BCUT2D eigenvalue weighted by Crippen LogP contribution is -2.05. The van der Waals surface area contributed by atoms with Crippen LogP contribution in [0, 0.1) is 0 Å². The summed E-state index contributed by atoms with van der Waals surface area (Å²) in [6.07, 6.45) is 0. The van der Waals surface area contributed by atoms with Gasteiger partial charge in [-0.05, 0) is 22.8 Å². The van der Waals surface area contributed by atoms with Gasteiger partial charge in [0.15, 0.2) is 5.38 Å². The Bertz CT molecular complexity index is 569. The van der Waals surface area contributed by atoms with Gasteiger partial charge in [0.2, 0.25) is 0 Å². The van der Waals surface area contributed by atoms with Crippen LogP contribution in [0.2, 0.25) is 0 Å². The minimum atomic E-state index is -1.07. The molecule has 0 aliphatic heterocycles. The number of halogens is 1. The first-order chi connectivity index (χ1) is 8.59. The summed E-state index contributed by atoms with van der Waals surface area (Å²) in [6, 6.07) is 15.2. The highest BCUT2D eigenvalue weighted by Gasteiger charge is 2.18. The van der Waals surface area contributed by atoms with Crippen molar-refractivity contribution in [2.45, 2.75) is 10.3 Å². The van der Waals surface area contributed by atoms with Crippen LogP contribution < -0.4 is 0 Å². The zero-order valence-electron chi connectivity index (χ0n) is 9.38. The second-order valence-electron chi connectivity index (χ2n) is 3.84. The maximum absolute atomic E-state index is 10.8. The number of carbonyl (C=O) groups is 1. The number of rotatable bonds is 3. The molecule has 0 bridgehead atoms. The standard InChI is InChI=1S/C14H11ClO2S/c15-13(14(16)17)11-7-6-10(8-12(11)18)9-4-2-1-3-5-9/h1-8,13,18H,(H,16,17). The van der Waals surface area contributed by atoms with Crippen molar-refractivity contribution < 1.29 is 9.90 Å². The van der Waals surface area contributed by atoms with E-state index in [1.54, 1.807) is 6.07 Å². The number of benzene rings is 2. The quantitative estimate of drug-likeness (QED) is 0.658. The summed E-state index contributed by atoms with van der Waals surface area (Å²) in [5, 5.41) is 7.81. The number of thiol groups is 1. The second-order valence-corrected chi connectivity index (χ2v) is 4.76. The largest absolute Gasteiger partial charge is 0.480 e. The SMILES string of the molecule is O=C(O)C(Cl)c1ccc(-c2ccccc2)cc1S. The molecule has 4 heteroatoms. The number of hydrogen-bond donors (Lipinski definition) is 2. The Hall–Kier alpha value is -1.45. The molecular weight excluding hydrogens is 268 g/mol. The third-order valence-corrected chi connectivity index (χ3v) is 3.44. The molecule has 1 atom stereocenters. The molecule has 92 valence electrons. The Morgan fingerprint density at radius 1 is 1.11 bits per heavy atom. The van der Waals surface area contributed by atoms with E-state index in [2.05, 4.69) is 12.6 Å². The molecule has 0 saturated carbocycles. The molecule has 2 aromatic carbocycles. The predicted octanol–water partition coefficient (Wildman–Crippen LogP) is 4.01. The Morgan fingerprint density at radius 3 is 2.33 bits per heavy atom. The summed E-state index contributed by atoms with van der Waals surface area (Å²) < 4.78 is 0. The van der Waals surface area contributed by atoms with Gasteiger partial charge in [0.05, 0.1) is 0 Å². The van der Waals surface area contributed by atoms with Crippen LogP contribution in [0.15, 0.2) is 53.4 Å². The fourth-order valence-electron chi connectivity index (χ4n) is 1.70.